The molecule has 2 aromatic rings. The van der Waals surface area contributed by atoms with E-state index in [4.69, 9.17) is 4.52 Å². The molecule has 7 heteroatoms. The average molecular weight is 330 g/mol. The molecule has 1 aliphatic rings. The van der Waals surface area contributed by atoms with Crippen molar-refractivity contribution in [2.45, 2.75) is 38.7 Å². The van der Waals surface area contributed by atoms with Gasteiger partial charge in [-0.3, -0.25) is 14.9 Å². The lowest BCUT2D eigenvalue weighted by Gasteiger charge is -2.40. The van der Waals surface area contributed by atoms with Crippen molar-refractivity contribution in [3.05, 3.63) is 57.0 Å². The fourth-order valence-electron chi connectivity index (χ4n) is 3.76. The number of benzene rings is 1. The molecule has 0 fully saturated rings. The van der Waals surface area contributed by atoms with Crippen molar-refractivity contribution in [3.8, 4) is 0 Å². The van der Waals surface area contributed by atoms with Gasteiger partial charge in [-0.15, -0.1) is 0 Å². The number of aliphatic hydroxyl groups is 1. The fraction of sp³-hybridized carbons (Fsp3) is 0.412. The lowest BCUT2D eigenvalue weighted by Crippen LogP contribution is -2.48. The van der Waals surface area contributed by atoms with Gasteiger partial charge in [-0.05, 0) is 26.3 Å². The molecule has 7 nitrogen and oxygen atoms in total. The van der Waals surface area contributed by atoms with Crippen LogP contribution >= 0.6 is 0 Å². The molecule has 0 bridgehead atoms. The van der Waals surface area contributed by atoms with Gasteiger partial charge in [-0.25, -0.2) is 0 Å². The van der Waals surface area contributed by atoms with Crippen LogP contribution in [0.5, 0.6) is 0 Å². The van der Waals surface area contributed by atoms with Crippen molar-refractivity contribution in [2.75, 3.05) is 0 Å². The molecule has 3 atom stereocenters. The first kappa shape index (κ1) is 16.3. The summed E-state index contributed by atoms with van der Waals surface area (Å²) in [5, 5.41) is 25.7. The first-order valence-corrected chi connectivity index (χ1v) is 7.64. The Kier molecular flexibility index (Phi) is 3.76. The lowest BCUT2D eigenvalue weighted by molar-refractivity contribution is -0.384. The van der Waals surface area contributed by atoms with Crippen LogP contribution in [-0.2, 0) is 11.2 Å². The molecule has 1 N–H and O–H groups in total. The van der Waals surface area contributed by atoms with E-state index in [1.165, 1.54) is 19.1 Å². The number of aryl methyl sites for hydroxylation is 1. The zero-order valence-electron chi connectivity index (χ0n) is 13.6. The Morgan fingerprint density at radius 3 is 2.58 bits per heavy atom. The van der Waals surface area contributed by atoms with Gasteiger partial charge in [-0.1, -0.05) is 17.3 Å². The highest BCUT2D eigenvalue weighted by molar-refractivity contribution is 5.82. The Bertz CT molecular complexity index is 807. The summed E-state index contributed by atoms with van der Waals surface area (Å²) in [6.07, 6.45) is 0.230. The summed E-state index contributed by atoms with van der Waals surface area (Å²) in [4.78, 5) is 22.7. The number of carbonyl (C=O) groups excluding carboxylic acids is 1. The van der Waals surface area contributed by atoms with Crippen LogP contribution in [-0.4, -0.2) is 26.6 Å². The van der Waals surface area contributed by atoms with Crippen molar-refractivity contribution in [1.29, 1.82) is 0 Å². The predicted molar refractivity (Wildman–Crippen MR) is 84.7 cm³/mol. The number of nitro groups is 1. The highest BCUT2D eigenvalue weighted by Crippen LogP contribution is 2.47. The van der Waals surface area contributed by atoms with E-state index >= 15 is 0 Å². The van der Waals surface area contributed by atoms with Crippen LogP contribution in [0.3, 0.4) is 0 Å². The van der Waals surface area contributed by atoms with Crippen LogP contribution in [0.1, 0.15) is 42.3 Å². The fourth-order valence-corrected chi connectivity index (χ4v) is 3.76. The van der Waals surface area contributed by atoms with Crippen LogP contribution in [0.15, 0.2) is 28.8 Å². The zero-order chi connectivity index (χ0) is 17.6. The molecule has 0 unspecified atom stereocenters. The summed E-state index contributed by atoms with van der Waals surface area (Å²) in [6, 6.07) is 6.05. The maximum Gasteiger partial charge on any atom is 0.269 e. The third kappa shape index (κ3) is 2.50. The van der Waals surface area contributed by atoms with E-state index in [-0.39, 0.29) is 17.9 Å². The van der Waals surface area contributed by atoms with E-state index in [1.807, 2.05) is 0 Å². The van der Waals surface area contributed by atoms with Gasteiger partial charge in [0, 0.05) is 30.0 Å². The van der Waals surface area contributed by atoms with E-state index in [9.17, 15) is 20.0 Å². The maximum absolute atomic E-state index is 12.3. The Labute approximate surface area is 138 Å². The predicted octanol–water partition coefficient (Wildman–Crippen LogP) is 2.54. The lowest BCUT2D eigenvalue weighted by atomic mass is 9.64. The molecule has 1 aromatic carbocycles. The van der Waals surface area contributed by atoms with E-state index in [1.54, 1.807) is 26.0 Å². The first-order chi connectivity index (χ1) is 11.2. The molecule has 126 valence electrons. The number of fused-ring (bicyclic) bond motifs is 1. The normalized spacial score (nSPS) is 26.0. The number of hydrogen-bond acceptors (Lipinski definition) is 6. The Morgan fingerprint density at radius 1 is 1.42 bits per heavy atom. The Balaban J connectivity index is 2.18. The van der Waals surface area contributed by atoms with E-state index in [2.05, 4.69) is 5.16 Å². The second-order valence-electron chi connectivity index (χ2n) is 6.55. The summed E-state index contributed by atoms with van der Waals surface area (Å²) in [5.74, 6) is -0.678. The van der Waals surface area contributed by atoms with Gasteiger partial charge in [-0.2, -0.15) is 0 Å². The summed E-state index contributed by atoms with van der Waals surface area (Å²) in [5.41, 5.74) is 0.833. The van der Waals surface area contributed by atoms with Gasteiger partial charge in [0.1, 0.15) is 11.5 Å². The van der Waals surface area contributed by atoms with E-state index in [0.717, 1.165) is 5.56 Å². The minimum atomic E-state index is -1.27. The number of rotatable bonds is 3. The third-order valence-electron chi connectivity index (χ3n) is 4.72. The van der Waals surface area contributed by atoms with Gasteiger partial charge in [0.25, 0.3) is 5.69 Å². The molecule has 0 spiro atoms. The molecule has 3 rings (SSSR count). The number of ketones is 1. The molecule has 24 heavy (non-hydrogen) atoms. The van der Waals surface area contributed by atoms with Gasteiger partial charge >= 0.3 is 0 Å². The number of carbonyl (C=O) groups is 1. The number of hydrogen-bond donors (Lipinski definition) is 1. The highest BCUT2D eigenvalue weighted by atomic mass is 16.6. The van der Waals surface area contributed by atoms with Gasteiger partial charge in [0.2, 0.25) is 0 Å². The molecule has 0 amide bonds. The smallest absolute Gasteiger partial charge is 0.269 e. The van der Waals surface area contributed by atoms with Gasteiger partial charge in [0.05, 0.1) is 22.1 Å². The topological polar surface area (TPSA) is 106 Å². The van der Waals surface area contributed by atoms with Crippen molar-refractivity contribution in [1.82, 2.24) is 5.16 Å². The SMILES string of the molecule is CC(=O)[C@@H]1[C@H](c2ccc([N+](=O)[O-])cc2)c2c(noc2C)C[C@@]1(C)O. The first-order valence-electron chi connectivity index (χ1n) is 7.64. The summed E-state index contributed by atoms with van der Waals surface area (Å²) < 4.78 is 5.27. The third-order valence-corrected chi connectivity index (χ3v) is 4.72. The maximum atomic E-state index is 12.3. The van der Waals surface area contributed by atoms with Crippen molar-refractivity contribution >= 4 is 11.5 Å². The highest BCUT2D eigenvalue weighted by Gasteiger charge is 2.49. The number of non-ortho nitro benzene ring substituents is 1. The second kappa shape index (κ2) is 5.52. The molecular formula is C17H18N2O5. The summed E-state index contributed by atoms with van der Waals surface area (Å²) in [6.45, 7) is 4.83. The second-order valence-corrected chi connectivity index (χ2v) is 6.55. The largest absolute Gasteiger partial charge is 0.389 e. The molecule has 1 aromatic heterocycles. The number of aromatic nitrogens is 1. The summed E-state index contributed by atoms with van der Waals surface area (Å²) in [7, 11) is 0. The van der Waals surface area contributed by atoms with Crippen LogP contribution in [0.2, 0.25) is 0 Å². The number of Topliss-reactive ketones (excluding diaryl/α,β-unsaturated/α-hetero) is 1. The Hall–Kier alpha value is -2.54. The summed E-state index contributed by atoms with van der Waals surface area (Å²) >= 11 is 0. The molecule has 0 saturated heterocycles. The molecular weight excluding hydrogens is 312 g/mol. The van der Waals surface area contributed by atoms with Crippen molar-refractivity contribution in [3.63, 3.8) is 0 Å². The van der Waals surface area contributed by atoms with Gasteiger partial charge < -0.3 is 9.63 Å². The average Bonchev–Trinajstić information content (AvgIpc) is 2.85. The molecule has 0 saturated carbocycles. The zero-order valence-corrected chi connectivity index (χ0v) is 13.6. The van der Waals surface area contributed by atoms with Crippen LogP contribution in [0.4, 0.5) is 5.69 Å². The minimum absolute atomic E-state index is 0.0250. The number of nitrogens with zero attached hydrogens (tertiary/aromatic N) is 2. The van der Waals surface area contributed by atoms with Gasteiger partial charge in [0.15, 0.2) is 0 Å². The van der Waals surface area contributed by atoms with Crippen molar-refractivity contribution in [2.24, 2.45) is 5.92 Å². The van der Waals surface area contributed by atoms with Crippen LogP contribution < -0.4 is 0 Å². The standard InChI is InChI=1S/C17H18N2O5/c1-9(20)16-15(11-4-6-12(7-5-11)19(22)23)14-10(2)24-18-13(14)8-17(16,3)21/h4-7,15-16,21H,8H2,1-3H3/t15-,16-,17-/m1/s1. The number of nitro benzene ring substituents is 1. The van der Waals surface area contributed by atoms with Crippen LogP contribution in [0.25, 0.3) is 0 Å². The van der Waals surface area contributed by atoms with Crippen molar-refractivity contribution < 1.29 is 19.3 Å². The minimum Gasteiger partial charge on any atom is -0.389 e. The molecule has 0 radical (unpaired) electrons. The molecule has 0 aliphatic heterocycles. The molecule has 1 aliphatic carbocycles. The Morgan fingerprint density at radius 2 is 2.04 bits per heavy atom. The van der Waals surface area contributed by atoms with Crippen LogP contribution in [0, 0.1) is 23.0 Å². The molecule has 1 heterocycles. The van der Waals surface area contributed by atoms with E-state index < -0.39 is 22.4 Å². The quantitative estimate of drug-likeness (QED) is 0.684. The monoisotopic (exact) mass is 330 g/mol. The van der Waals surface area contributed by atoms with E-state index in [0.29, 0.717) is 17.0 Å².